The molecule has 86 valence electrons. The number of benzene rings is 1. The maximum atomic E-state index is 3.78. The van der Waals surface area contributed by atoms with Crippen molar-refractivity contribution in [3.05, 3.63) is 35.9 Å². The first-order chi connectivity index (χ1) is 7.93. The zero-order chi connectivity index (χ0) is 10.8. The van der Waals surface area contributed by atoms with E-state index < -0.39 is 0 Å². The van der Waals surface area contributed by atoms with Crippen LogP contribution >= 0.6 is 0 Å². The van der Waals surface area contributed by atoms with Crippen molar-refractivity contribution in [3.63, 3.8) is 0 Å². The molecule has 0 amide bonds. The van der Waals surface area contributed by atoms with Crippen molar-refractivity contribution in [1.29, 1.82) is 0 Å². The van der Waals surface area contributed by atoms with Gasteiger partial charge in [-0.05, 0) is 24.9 Å². The van der Waals surface area contributed by atoms with Crippen molar-refractivity contribution < 1.29 is 0 Å². The zero-order valence-electron chi connectivity index (χ0n) is 9.73. The molecule has 3 rings (SSSR count). The Morgan fingerprint density at radius 3 is 2.81 bits per heavy atom. The van der Waals surface area contributed by atoms with Crippen LogP contribution in [-0.4, -0.2) is 24.2 Å². The van der Waals surface area contributed by atoms with Crippen LogP contribution in [0.15, 0.2) is 30.3 Å². The lowest BCUT2D eigenvalue weighted by Crippen LogP contribution is -2.34. The van der Waals surface area contributed by atoms with Crippen LogP contribution in [0.2, 0.25) is 0 Å². The molecule has 2 aliphatic rings. The third-order valence-electron chi connectivity index (χ3n) is 3.88. The summed E-state index contributed by atoms with van der Waals surface area (Å²) < 4.78 is 0. The lowest BCUT2D eigenvalue weighted by atomic mass is 10.1. The van der Waals surface area contributed by atoms with Crippen molar-refractivity contribution >= 4 is 0 Å². The molecule has 1 aromatic carbocycles. The van der Waals surface area contributed by atoms with E-state index in [2.05, 4.69) is 40.5 Å². The van der Waals surface area contributed by atoms with Crippen LogP contribution < -0.4 is 5.32 Å². The van der Waals surface area contributed by atoms with E-state index in [0.717, 1.165) is 0 Å². The summed E-state index contributed by atoms with van der Waals surface area (Å²) in [4.78, 5) is 2.63. The SMILES string of the molecule is c1ccc(C2CN3CCCCCC3N2)cc1. The Kier molecular flexibility index (Phi) is 2.94. The molecule has 2 unspecified atom stereocenters. The number of hydrogen-bond donors (Lipinski definition) is 1. The van der Waals surface area contributed by atoms with E-state index in [0.29, 0.717) is 12.2 Å². The number of rotatable bonds is 1. The normalized spacial score (nSPS) is 31.0. The average Bonchev–Trinajstić information content (AvgIpc) is 2.62. The molecule has 2 saturated heterocycles. The summed E-state index contributed by atoms with van der Waals surface area (Å²) in [6.07, 6.45) is 6.12. The van der Waals surface area contributed by atoms with Crippen LogP contribution in [0.5, 0.6) is 0 Å². The zero-order valence-corrected chi connectivity index (χ0v) is 9.73. The lowest BCUT2D eigenvalue weighted by molar-refractivity contribution is 0.247. The van der Waals surface area contributed by atoms with Gasteiger partial charge < -0.3 is 0 Å². The van der Waals surface area contributed by atoms with Gasteiger partial charge in [-0.1, -0.05) is 43.2 Å². The van der Waals surface area contributed by atoms with Crippen LogP contribution in [0, 0.1) is 0 Å². The van der Waals surface area contributed by atoms with Crippen LogP contribution in [0.3, 0.4) is 0 Å². The molecule has 2 aliphatic heterocycles. The molecular weight excluding hydrogens is 196 g/mol. The van der Waals surface area contributed by atoms with Crippen LogP contribution in [0.1, 0.15) is 37.3 Å². The summed E-state index contributed by atoms with van der Waals surface area (Å²) in [7, 11) is 0. The van der Waals surface area contributed by atoms with Crippen LogP contribution in [-0.2, 0) is 0 Å². The molecule has 1 aromatic rings. The van der Waals surface area contributed by atoms with E-state index in [1.54, 1.807) is 0 Å². The Morgan fingerprint density at radius 1 is 1.06 bits per heavy atom. The second-order valence-electron chi connectivity index (χ2n) is 4.99. The summed E-state index contributed by atoms with van der Waals surface area (Å²) >= 11 is 0. The lowest BCUT2D eigenvalue weighted by Gasteiger charge is -2.19. The molecule has 0 spiro atoms. The topological polar surface area (TPSA) is 15.3 Å². The number of nitrogens with zero attached hydrogens (tertiary/aromatic N) is 1. The van der Waals surface area contributed by atoms with Gasteiger partial charge in [0.2, 0.25) is 0 Å². The van der Waals surface area contributed by atoms with E-state index in [1.807, 2.05) is 0 Å². The smallest absolute Gasteiger partial charge is 0.0602 e. The first kappa shape index (κ1) is 10.3. The molecule has 1 N–H and O–H groups in total. The molecule has 2 fully saturated rings. The van der Waals surface area contributed by atoms with Crippen molar-refractivity contribution in [2.45, 2.75) is 37.9 Å². The van der Waals surface area contributed by atoms with Crippen molar-refractivity contribution in [2.75, 3.05) is 13.1 Å². The standard InChI is InChI=1S/C14H20N2/c1-3-7-12(8-4-1)13-11-16-10-6-2-5-9-14(16)15-13/h1,3-4,7-8,13-15H,2,5-6,9-11H2. The summed E-state index contributed by atoms with van der Waals surface area (Å²) in [5.41, 5.74) is 1.44. The Hall–Kier alpha value is -0.860. The molecule has 0 aliphatic carbocycles. The first-order valence-electron chi connectivity index (χ1n) is 6.48. The van der Waals surface area contributed by atoms with E-state index in [1.165, 1.54) is 44.3 Å². The Bertz CT molecular complexity index is 322. The van der Waals surface area contributed by atoms with Crippen molar-refractivity contribution in [3.8, 4) is 0 Å². The Labute approximate surface area is 97.6 Å². The first-order valence-corrected chi connectivity index (χ1v) is 6.48. The summed E-state index contributed by atoms with van der Waals surface area (Å²) in [6, 6.07) is 11.4. The fourth-order valence-corrected chi connectivity index (χ4v) is 2.98. The van der Waals surface area contributed by atoms with Crippen LogP contribution in [0.25, 0.3) is 0 Å². The Balaban J connectivity index is 1.73. The summed E-state index contributed by atoms with van der Waals surface area (Å²) in [6.45, 7) is 2.47. The van der Waals surface area contributed by atoms with Gasteiger partial charge in [-0.25, -0.2) is 0 Å². The van der Waals surface area contributed by atoms with Crippen molar-refractivity contribution in [1.82, 2.24) is 10.2 Å². The second kappa shape index (κ2) is 4.56. The fraction of sp³-hybridized carbons (Fsp3) is 0.571. The number of hydrogen-bond acceptors (Lipinski definition) is 2. The monoisotopic (exact) mass is 216 g/mol. The van der Waals surface area contributed by atoms with Gasteiger partial charge in [-0.3, -0.25) is 10.2 Å². The average molecular weight is 216 g/mol. The van der Waals surface area contributed by atoms with Gasteiger partial charge in [0.15, 0.2) is 0 Å². The van der Waals surface area contributed by atoms with Gasteiger partial charge in [-0.15, -0.1) is 0 Å². The van der Waals surface area contributed by atoms with E-state index in [-0.39, 0.29) is 0 Å². The highest BCUT2D eigenvalue weighted by Gasteiger charge is 2.32. The van der Waals surface area contributed by atoms with Gasteiger partial charge in [0, 0.05) is 12.6 Å². The van der Waals surface area contributed by atoms with E-state index in [9.17, 15) is 0 Å². The highest BCUT2D eigenvalue weighted by Crippen LogP contribution is 2.27. The minimum absolute atomic E-state index is 0.546. The molecule has 0 aromatic heterocycles. The molecule has 2 atom stereocenters. The van der Waals surface area contributed by atoms with E-state index in [4.69, 9.17) is 0 Å². The van der Waals surface area contributed by atoms with Gasteiger partial charge in [0.05, 0.1) is 6.17 Å². The highest BCUT2D eigenvalue weighted by atomic mass is 15.3. The summed E-state index contributed by atoms with van der Waals surface area (Å²) in [5.74, 6) is 0. The van der Waals surface area contributed by atoms with Gasteiger partial charge in [-0.2, -0.15) is 0 Å². The third-order valence-corrected chi connectivity index (χ3v) is 3.88. The van der Waals surface area contributed by atoms with E-state index >= 15 is 0 Å². The predicted molar refractivity (Wildman–Crippen MR) is 66.1 cm³/mol. The summed E-state index contributed by atoms with van der Waals surface area (Å²) in [5, 5.41) is 3.78. The maximum absolute atomic E-state index is 3.78. The molecule has 0 bridgehead atoms. The molecular formula is C14H20N2. The van der Waals surface area contributed by atoms with Gasteiger partial charge in [0.25, 0.3) is 0 Å². The van der Waals surface area contributed by atoms with Gasteiger partial charge in [0.1, 0.15) is 0 Å². The molecule has 2 heteroatoms. The molecule has 2 nitrogen and oxygen atoms in total. The molecule has 0 radical (unpaired) electrons. The highest BCUT2D eigenvalue weighted by molar-refractivity contribution is 5.20. The number of fused-ring (bicyclic) bond motifs is 1. The molecule has 0 saturated carbocycles. The predicted octanol–water partition coefficient (Wildman–Crippen LogP) is 2.53. The largest absolute Gasteiger partial charge is 0.294 e. The fourth-order valence-electron chi connectivity index (χ4n) is 2.98. The third kappa shape index (κ3) is 2.00. The van der Waals surface area contributed by atoms with Gasteiger partial charge >= 0.3 is 0 Å². The van der Waals surface area contributed by atoms with Crippen molar-refractivity contribution in [2.24, 2.45) is 0 Å². The maximum Gasteiger partial charge on any atom is 0.0602 e. The molecule has 16 heavy (non-hydrogen) atoms. The Morgan fingerprint density at radius 2 is 1.94 bits per heavy atom. The minimum Gasteiger partial charge on any atom is -0.294 e. The number of nitrogens with one attached hydrogen (secondary N) is 1. The second-order valence-corrected chi connectivity index (χ2v) is 4.99. The molecule has 2 heterocycles. The van der Waals surface area contributed by atoms with Crippen LogP contribution in [0.4, 0.5) is 0 Å². The quantitative estimate of drug-likeness (QED) is 0.776. The minimum atomic E-state index is 0.546.